The molecule has 1 aromatic carbocycles. The first kappa shape index (κ1) is 24.1. The maximum Gasteiger partial charge on any atom is 0.325 e. The molecular formula is C20H20N2O8. The van der Waals surface area contributed by atoms with Gasteiger partial charge in [0.05, 0.1) is 24.5 Å². The average Bonchev–Trinajstić information content (AvgIpc) is 2.69. The van der Waals surface area contributed by atoms with Gasteiger partial charge in [-0.15, -0.1) is 0 Å². The van der Waals surface area contributed by atoms with E-state index >= 15 is 0 Å². The molecule has 158 valence electrons. The molecule has 0 aliphatic heterocycles. The summed E-state index contributed by atoms with van der Waals surface area (Å²) in [6, 6.07) is 10.9. The van der Waals surface area contributed by atoms with Gasteiger partial charge < -0.3 is 20.4 Å². The molecule has 10 nitrogen and oxygen atoms in total. The largest absolute Gasteiger partial charge is 0.481 e. The van der Waals surface area contributed by atoms with E-state index in [-0.39, 0.29) is 0 Å². The lowest BCUT2D eigenvalue weighted by Crippen LogP contribution is -2.46. The van der Waals surface area contributed by atoms with E-state index in [9.17, 15) is 45.0 Å². The van der Waals surface area contributed by atoms with E-state index < -0.39 is 65.8 Å². The Morgan fingerprint density at radius 2 is 1.53 bits per heavy atom. The molecule has 0 radical (unpaired) electrons. The number of carboxylic acid groups (broad SMARTS) is 4. The highest BCUT2D eigenvalue weighted by atomic mass is 16.4. The molecule has 4 atom stereocenters. The van der Waals surface area contributed by atoms with Gasteiger partial charge in [0.25, 0.3) is 0 Å². The molecule has 30 heavy (non-hydrogen) atoms. The Labute approximate surface area is 171 Å². The van der Waals surface area contributed by atoms with E-state index in [1.165, 1.54) is 25.1 Å². The Hall–Kier alpha value is -3.92. The maximum absolute atomic E-state index is 12.2. The summed E-state index contributed by atoms with van der Waals surface area (Å²) in [4.78, 5) is 46.7. The molecule has 0 saturated heterocycles. The summed E-state index contributed by atoms with van der Waals surface area (Å²) in [5, 5.41) is 56.9. The molecule has 4 unspecified atom stereocenters. The third kappa shape index (κ3) is 4.55. The first-order valence-electron chi connectivity index (χ1n) is 8.77. The lowest BCUT2D eigenvalue weighted by Gasteiger charge is -2.35. The standard InChI is InChI=1S/C20H20N2O8/c1-12(13-5-3-2-4-6-13)20(11-22,18(29)30)14(16(25)26)7-8-19(10-21,17(27)28)9-15(23)24/h2-6,12,14H,7-9H2,1H3,(H,23,24)(H,25,26)(H,27,28)(H,29,30). The summed E-state index contributed by atoms with van der Waals surface area (Å²) in [5.74, 6) is -9.77. The fourth-order valence-electron chi connectivity index (χ4n) is 3.47. The second-order valence-corrected chi connectivity index (χ2v) is 6.92. The predicted molar refractivity (Wildman–Crippen MR) is 98.8 cm³/mol. The fraction of sp³-hybridized carbons (Fsp3) is 0.400. The third-order valence-corrected chi connectivity index (χ3v) is 5.31. The second kappa shape index (κ2) is 9.52. The van der Waals surface area contributed by atoms with Crippen LogP contribution in [0.25, 0.3) is 0 Å². The fourth-order valence-corrected chi connectivity index (χ4v) is 3.47. The van der Waals surface area contributed by atoms with Crippen LogP contribution in [0, 0.1) is 39.4 Å². The highest BCUT2D eigenvalue weighted by Crippen LogP contribution is 2.46. The van der Waals surface area contributed by atoms with Crippen molar-refractivity contribution in [2.75, 3.05) is 0 Å². The molecule has 0 bridgehead atoms. The lowest BCUT2D eigenvalue weighted by atomic mass is 9.63. The molecule has 10 heteroatoms. The summed E-state index contributed by atoms with van der Waals surface area (Å²) < 4.78 is 0. The molecule has 0 saturated carbocycles. The minimum absolute atomic E-state index is 0.378. The lowest BCUT2D eigenvalue weighted by molar-refractivity contribution is -0.161. The van der Waals surface area contributed by atoms with Gasteiger partial charge in [-0.2, -0.15) is 10.5 Å². The van der Waals surface area contributed by atoms with E-state index in [4.69, 9.17) is 5.11 Å². The topological polar surface area (TPSA) is 197 Å². The Morgan fingerprint density at radius 1 is 0.967 bits per heavy atom. The van der Waals surface area contributed by atoms with Crippen LogP contribution in [0.5, 0.6) is 0 Å². The van der Waals surface area contributed by atoms with Gasteiger partial charge in [-0.3, -0.25) is 19.2 Å². The Balaban J connectivity index is 3.48. The van der Waals surface area contributed by atoms with Gasteiger partial charge in [0, 0.05) is 5.92 Å². The number of hydrogen-bond donors (Lipinski definition) is 4. The molecule has 0 aromatic heterocycles. The zero-order chi connectivity index (χ0) is 23.1. The Kier molecular flexibility index (Phi) is 7.66. The van der Waals surface area contributed by atoms with Crippen molar-refractivity contribution in [1.29, 1.82) is 10.5 Å². The normalized spacial score (nSPS) is 16.5. The molecule has 1 rings (SSSR count). The maximum atomic E-state index is 12.2. The highest BCUT2D eigenvalue weighted by Gasteiger charge is 2.56. The SMILES string of the molecule is CC(c1ccccc1)C(C#N)(C(=O)O)C(CCC(C#N)(CC(=O)O)C(=O)O)C(=O)O. The van der Waals surface area contributed by atoms with Crippen molar-refractivity contribution in [2.45, 2.75) is 32.1 Å². The van der Waals surface area contributed by atoms with Crippen molar-refractivity contribution in [3.8, 4) is 12.1 Å². The van der Waals surface area contributed by atoms with Crippen LogP contribution in [0.15, 0.2) is 30.3 Å². The van der Waals surface area contributed by atoms with Crippen LogP contribution in [0.3, 0.4) is 0 Å². The van der Waals surface area contributed by atoms with Crippen LogP contribution >= 0.6 is 0 Å². The van der Waals surface area contributed by atoms with Gasteiger partial charge >= 0.3 is 23.9 Å². The summed E-state index contributed by atoms with van der Waals surface area (Å²) in [6.45, 7) is 1.37. The van der Waals surface area contributed by atoms with Crippen LogP contribution in [-0.2, 0) is 19.2 Å². The van der Waals surface area contributed by atoms with Gasteiger partial charge in [0.2, 0.25) is 0 Å². The molecule has 1 aromatic rings. The summed E-state index contributed by atoms with van der Waals surface area (Å²) in [7, 11) is 0. The number of rotatable bonds is 11. The number of aliphatic carboxylic acids is 4. The van der Waals surface area contributed by atoms with Crippen LogP contribution in [0.1, 0.15) is 37.7 Å². The number of carbonyl (C=O) groups is 4. The Morgan fingerprint density at radius 3 is 1.90 bits per heavy atom. The number of hydrogen-bond acceptors (Lipinski definition) is 6. The first-order valence-corrected chi connectivity index (χ1v) is 8.77. The van der Waals surface area contributed by atoms with Crippen molar-refractivity contribution >= 4 is 23.9 Å². The average molecular weight is 416 g/mol. The van der Waals surface area contributed by atoms with Crippen LogP contribution in [0.2, 0.25) is 0 Å². The minimum atomic E-state index is -2.49. The minimum Gasteiger partial charge on any atom is -0.481 e. The van der Waals surface area contributed by atoms with Crippen molar-refractivity contribution in [2.24, 2.45) is 16.7 Å². The van der Waals surface area contributed by atoms with Gasteiger partial charge in [0.15, 0.2) is 10.8 Å². The second-order valence-electron chi connectivity index (χ2n) is 6.92. The summed E-state index contributed by atoms with van der Waals surface area (Å²) in [6.07, 6.45) is -2.58. The number of nitrogens with zero attached hydrogens (tertiary/aromatic N) is 2. The van der Waals surface area contributed by atoms with Gasteiger partial charge in [-0.1, -0.05) is 37.3 Å². The zero-order valence-corrected chi connectivity index (χ0v) is 16.0. The number of carboxylic acids is 4. The van der Waals surface area contributed by atoms with E-state index in [0.717, 1.165) is 0 Å². The molecule has 4 N–H and O–H groups in total. The smallest absolute Gasteiger partial charge is 0.325 e. The Bertz CT molecular complexity index is 917. The van der Waals surface area contributed by atoms with E-state index in [0.29, 0.717) is 5.56 Å². The van der Waals surface area contributed by atoms with Crippen LogP contribution in [-0.4, -0.2) is 44.3 Å². The quantitative estimate of drug-likeness (QED) is 0.413. The van der Waals surface area contributed by atoms with Crippen molar-refractivity contribution in [3.63, 3.8) is 0 Å². The molecule has 0 aliphatic carbocycles. The number of benzene rings is 1. The van der Waals surface area contributed by atoms with Crippen molar-refractivity contribution < 1.29 is 39.6 Å². The van der Waals surface area contributed by atoms with E-state index in [1.807, 2.05) is 0 Å². The summed E-state index contributed by atoms with van der Waals surface area (Å²) in [5.41, 5.74) is -4.58. The number of nitriles is 2. The molecule has 0 amide bonds. The van der Waals surface area contributed by atoms with Crippen LogP contribution in [0.4, 0.5) is 0 Å². The molecule has 0 heterocycles. The molecule has 0 spiro atoms. The van der Waals surface area contributed by atoms with Crippen LogP contribution < -0.4 is 0 Å². The van der Waals surface area contributed by atoms with E-state index in [1.54, 1.807) is 24.3 Å². The van der Waals surface area contributed by atoms with Crippen molar-refractivity contribution in [3.05, 3.63) is 35.9 Å². The first-order chi connectivity index (χ1) is 14.0. The zero-order valence-electron chi connectivity index (χ0n) is 16.0. The van der Waals surface area contributed by atoms with Crippen molar-refractivity contribution in [1.82, 2.24) is 0 Å². The molecular weight excluding hydrogens is 396 g/mol. The van der Waals surface area contributed by atoms with Gasteiger partial charge in [0.1, 0.15) is 0 Å². The van der Waals surface area contributed by atoms with Gasteiger partial charge in [-0.05, 0) is 18.4 Å². The monoisotopic (exact) mass is 416 g/mol. The van der Waals surface area contributed by atoms with Gasteiger partial charge in [-0.25, -0.2) is 0 Å². The summed E-state index contributed by atoms with van der Waals surface area (Å²) >= 11 is 0. The molecule has 0 aliphatic rings. The highest BCUT2D eigenvalue weighted by molar-refractivity contribution is 5.88. The molecule has 0 fully saturated rings. The predicted octanol–water partition coefficient (Wildman–Crippen LogP) is 1.93. The third-order valence-electron chi connectivity index (χ3n) is 5.31. The van der Waals surface area contributed by atoms with E-state index in [2.05, 4.69) is 0 Å².